The van der Waals surface area contributed by atoms with Crippen molar-refractivity contribution in [2.24, 2.45) is 5.92 Å². The van der Waals surface area contributed by atoms with Crippen LogP contribution in [-0.4, -0.2) is 15.3 Å². The van der Waals surface area contributed by atoms with E-state index >= 15 is 0 Å². The van der Waals surface area contributed by atoms with Gasteiger partial charge in [0.1, 0.15) is 0 Å². The molecule has 5 nitrogen and oxygen atoms in total. The van der Waals surface area contributed by atoms with Gasteiger partial charge in [0.2, 0.25) is 5.91 Å². The van der Waals surface area contributed by atoms with Crippen LogP contribution >= 0.6 is 23.1 Å². The number of carbonyl (C=O) groups excluding carboxylic acids is 1. The highest BCUT2D eigenvalue weighted by molar-refractivity contribution is 7.98. The Kier molecular flexibility index (Phi) is 5.82. The quantitative estimate of drug-likeness (QED) is 0.606. The third-order valence-corrected chi connectivity index (χ3v) is 7.04. The summed E-state index contributed by atoms with van der Waals surface area (Å²) in [5, 5.41) is 3.12. The number of benzene rings is 1. The van der Waals surface area contributed by atoms with Crippen LogP contribution in [0.4, 0.5) is 5.69 Å². The molecule has 146 valence electrons. The van der Waals surface area contributed by atoms with Crippen LogP contribution in [0, 0.1) is 12.8 Å². The molecule has 2 aromatic heterocycles. The van der Waals surface area contributed by atoms with E-state index in [9.17, 15) is 9.59 Å². The van der Waals surface area contributed by atoms with E-state index in [1.165, 1.54) is 17.8 Å². The standard InChI is InChI=1S/C21H23N3O2S2/c1-14-12-24-19(25)11-16(22-21(24)28-14)13-27-18-10-6-5-9-17(18)23-20(26)15-7-3-2-4-8-15/h5-6,9-12,15H,2-4,7-8,13H2,1H3,(H,23,26). The van der Waals surface area contributed by atoms with Crippen LogP contribution in [0.2, 0.25) is 0 Å². The summed E-state index contributed by atoms with van der Waals surface area (Å²) in [5.41, 5.74) is 1.54. The first-order chi connectivity index (χ1) is 13.6. The number of thioether (sulfide) groups is 1. The second-order valence-electron chi connectivity index (χ2n) is 7.19. The van der Waals surface area contributed by atoms with Gasteiger partial charge in [0.05, 0.1) is 11.4 Å². The van der Waals surface area contributed by atoms with Crippen LogP contribution in [0.3, 0.4) is 0 Å². The average Bonchev–Trinajstić information content (AvgIpc) is 3.09. The fourth-order valence-electron chi connectivity index (χ4n) is 3.58. The molecule has 1 aromatic carbocycles. The first kappa shape index (κ1) is 19.2. The number of anilines is 1. The largest absolute Gasteiger partial charge is 0.325 e. The second kappa shape index (κ2) is 8.49. The number of aryl methyl sites for hydroxylation is 1. The number of amides is 1. The Bertz CT molecular complexity index is 1050. The molecule has 0 saturated heterocycles. The van der Waals surface area contributed by atoms with Gasteiger partial charge in [-0.05, 0) is 31.9 Å². The van der Waals surface area contributed by atoms with E-state index in [1.807, 2.05) is 37.4 Å². The summed E-state index contributed by atoms with van der Waals surface area (Å²) in [6.07, 6.45) is 7.30. The van der Waals surface area contributed by atoms with Gasteiger partial charge in [-0.2, -0.15) is 0 Å². The second-order valence-corrected chi connectivity index (χ2v) is 9.42. The fraction of sp³-hybridized carbons (Fsp3) is 0.381. The van der Waals surface area contributed by atoms with Gasteiger partial charge < -0.3 is 5.32 Å². The molecule has 0 spiro atoms. The summed E-state index contributed by atoms with van der Waals surface area (Å²) in [7, 11) is 0. The lowest BCUT2D eigenvalue weighted by Gasteiger charge is -2.21. The van der Waals surface area contributed by atoms with Crippen molar-refractivity contribution in [2.75, 3.05) is 5.32 Å². The highest BCUT2D eigenvalue weighted by Crippen LogP contribution is 2.31. The Morgan fingerprint density at radius 3 is 2.89 bits per heavy atom. The van der Waals surface area contributed by atoms with Gasteiger partial charge >= 0.3 is 0 Å². The lowest BCUT2D eigenvalue weighted by molar-refractivity contribution is -0.120. The lowest BCUT2D eigenvalue weighted by atomic mass is 9.88. The maximum Gasteiger partial charge on any atom is 0.258 e. The summed E-state index contributed by atoms with van der Waals surface area (Å²) in [4.78, 5) is 32.3. The summed E-state index contributed by atoms with van der Waals surface area (Å²) >= 11 is 3.11. The van der Waals surface area contributed by atoms with Crippen molar-refractivity contribution < 1.29 is 4.79 Å². The summed E-state index contributed by atoms with van der Waals surface area (Å²) in [5.74, 6) is 0.830. The van der Waals surface area contributed by atoms with Crippen LogP contribution in [0.5, 0.6) is 0 Å². The molecule has 4 rings (SSSR count). The van der Waals surface area contributed by atoms with E-state index in [1.54, 1.807) is 22.2 Å². The molecule has 0 unspecified atom stereocenters. The Hall–Kier alpha value is -2.12. The maximum absolute atomic E-state index is 12.6. The van der Waals surface area contributed by atoms with Crippen molar-refractivity contribution in [3.8, 4) is 0 Å². The van der Waals surface area contributed by atoms with Crippen molar-refractivity contribution in [1.29, 1.82) is 0 Å². The molecule has 0 atom stereocenters. The van der Waals surface area contributed by atoms with Crippen molar-refractivity contribution in [3.63, 3.8) is 0 Å². The molecular formula is C21H23N3O2S2. The molecule has 0 bridgehead atoms. The van der Waals surface area contributed by atoms with Crippen LogP contribution in [0.1, 0.15) is 42.7 Å². The zero-order chi connectivity index (χ0) is 19.5. The van der Waals surface area contributed by atoms with Crippen molar-refractivity contribution in [1.82, 2.24) is 9.38 Å². The predicted octanol–water partition coefficient (Wildman–Crippen LogP) is 4.88. The number of aromatic nitrogens is 2. The minimum atomic E-state index is -0.0520. The number of nitrogens with zero attached hydrogens (tertiary/aromatic N) is 2. The number of hydrogen-bond acceptors (Lipinski definition) is 5. The molecule has 0 radical (unpaired) electrons. The van der Waals surface area contributed by atoms with E-state index < -0.39 is 0 Å². The molecule has 7 heteroatoms. The number of rotatable bonds is 5. The number of thiazole rings is 1. The average molecular weight is 414 g/mol. The minimum Gasteiger partial charge on any atom is -0.325 e. The number of carbonyl (C=O) groups is 1. The fourth-order valence-corrected chi connectivity index (χ4v) is 5.33. The third-order valence-electron chi connectivity index (χ3n) is 5.03. The minimum absolute atomic E-state index is 0.0520. The molecule has 28 heavy (non-hydrogen) atoms. The Morgan fingerprint density at radius 1 is 1.29 bits per heavy atom. The van der Waals surface area contributed by atoms with Crippen LogP contribution in [0.25, 0.3) is 4.96 Å². The maximum atomic E-state index is 12.6. The predicted molar refractivity (Wildman–Crippen MR) is 115 cm³/mol. The Labute approximate surface area is 172 Å². The first-order valence-electron chi connectivity index (χ1n) is 9.61. The van der Waals surface area contributed by atoms with Gasteiger partial charge in [0.15, 0.2) is 4.96 Å². The molecule has 1 N–H and O–H groups in total. The zero-order valence-corrected chi connectivity index (χ0v) is 17.4. The Balaban J connectivity index is 1.48. The summed E-state index contributed by atoms with van der Waals surface area (Å²) < 4.78 is 1.59. The molecule has 1 amide bonds. The third kappa shape index (κ3) is 4.31. The topological polar surface area (TPSA) is 63.5 Å². The van der Waals surface area contributed by atoms with E-state index in [2.05, 4.69) is 10.3 Å². The highest BCUT2D eigenvalue weighted by atomic mass is 32.2. The van der Waals surface area contributed by atoms with E-state index in [0.717, 1.165) is 51.8 Å². The van der Waals surface area contributed by atoms with Crippen molar-refractivity contribution in [2.45, 2.75) is 49.7 Å². The van der Waals surface area contributed by atoms with Crippen LogP contribution < -0.4 is 10.9 Å². The van der Waals surface area contributed by atoms with Gasteiger partial charge in [-0.25, -0.2) is 4.98 Å². The van der Waals surface area contributed by atoms with Crippen LogP contribution in [0.15, 0.2) is 46.2 Å². The zero-order valence-electron chi connectivity index (χ0n) is 15.8. The SMILES string of the molecule is Cc1cn2c(=O)cc(CSc3ccccc3NC(=O)C3CCCCC3)nc2s1. The molecule has 2 heterocycles. The molecule has 1 saturated carbocycles. The number of para-hydroxylation sites is 1. The van der Waals surface area contributed by atoms with E-state index in [0.29, 0.717) is 5.75 Å². The highest BCUT2D eigenvalue weighted by Gasteiger charge is 2.21. The van der Waals surface area contributed by atoms with Crippen LogP contribution in [-0.2, 0) is 10.5 Å². The van der Waals surface area contributed by atoms with Gasteiger partial charge in [-0.1, -0.05) is 31.4 Å². The Morgan fingerprint density at radius 2 is 2.07 bits per heavy atom. The van der Waals surface area contributed by atoms with Gasteiger partial charge in [0, 0.05) is 33.7 Å². The van der Waals surface area contributed by atoms with E-state index in [-0.39, 0.29) is 17.4 Å². The van der Waals surface area contributed by atoms with Gasteiger partial charge in [-0.15, -0.1) is 23.1 Å². The summed E-state index contributed by atoms with van der Waals surface area (Å²) in [6, 6.07) is 9.44. The first-order valence-corrected chi connectivity index (χ1v) is 11.4. The summed E-state index contributed by atoms with van der Waals surface area (Å²) in [6.45, 7) is 1.97. The molecular weight excluding hydrogens is 390 g/mol. The van der Waals surface area contributed by atoms with Gasteiger partial charge in [0.25, 0.3) is 5.56 Å². The molecule has 1 fully saturated rings. The smallest absolute Gasteiger partial charge is 0.258 e. The molecule has 1 aliphatic carbocycles. The van der Waals surface area contributed by atoms with E-state index in [4.69, 9.17) is 0 Å². The number of hydrogen-bond donors (Lipinski definition) is 1. The molecule has 3 aromatic rings. The molecule has 1 aliphatic rings. The normalized spacial score (nSPS) is 15.0. The number of fused-ring (bicyclic) bond motifs is 1. The number of nitrogens with one attached hydrogen (secondary N) is 1. The van der Waals surface area contributed by atoms with Gasteiger partial charge in [-0.3, -0.25) is 14.0 Å². The van der Waals surface area contributed by atoms with Crippen molar-refractivity contribution >= 4 is 39.7 Å². The molecule has 0 aliphatic heterocycles. The van der Waals surface area contributed by atoms with Crippen molar-refractivity contribution in [3.05, 3.63) is 57.5 Å². The lowest BCUT2D eigenvalue weighted by Crippen LogP contribution is -2.24. The monoisotopic (exact) mass is 413 g/mol.